The Hall–Kier alpha value is -4.97. The number of benzene rings is 3. The minimum absolute atomic E-state index is 0.0216. The number of nitrogens with one attached hydrogen (secondary N) is 1. The van der Waals surface area contributed by atoms with Crippen molar-refractivity contribution in [3.05, 3.63) is 103 Å². The summed E-state index contributed by atoms with van der Waals surface area (Å²) in [7, 11) is 0. The molecule has 1 aromatic heterocycles. The lowest BCUT2D eigenvalue weighted by atomic mass is 10.1. The summed E-state index contributed by atoms with van der Waals surface area (Å²) < 4.78 is 0. The number of nitro benzene ring substituents is 2. The number of aliphatic imine (C=N–C) groups is 1. The van der Waals surface area contributed by atoms with E-state index in [2.05, 4.69) is 15.3 Å². The smallest absolute Gasteiger partial charge is 0.338 e. The van der Waals surface area contributed by atoms with Crippen LogP contribution in [0.1, 0.15) is 15.9 Å². The predicted octanol–water partition coefficient (Wildman–Crippen LogP) is 5.82. The molecule has 0 unspecified atom stereocenters. The number of aromatic nitrogens is 1. The molecule has 0 aliphatic carbocycles. The van der Waals surface area contributed by atoms with Crippen LogP contribution in [0.25, 0.3) is 11.3 Å². The van der Waals surface area contributed by atoms with Crippen molar-refractivity contribution in [3.8, 4) is 11.3 Å². The highest BCUT2D eigenvalue weighted by molar-refractivity contribution is 7.13. The Morgan fingerprint density at radius 3 is 2.40 bits per heavy atom. The molecular weight excluding hydrogens is 474 g/mol. The van der Waals surface area contributed by atoms with Crippen molar-refractivity contribution in [2.45, 2.75) is 0 Å². The van der Waals surface area contributed by atoms with E-state index in [1.165, 1.54) is 41.8 Å². The lowest BCUT2D eigenvalue weighted by molar-refractivity contribution is -0.385. The first-order valence-electron chi connectivity index (χ1n) is 9.93. The second kappa shape index (κ2) is 9.89. The highest BCUT2D eigenvalue weighted by atomic mass is 32.1. The van der Waals surface area contributed by atoms with Crippen LogP contribution in [0.5, 0.6) is 0 Å². The Morgan fingerprint density at radius 2 is 1.71 bits per heavy atom. The molecule has 0 saturated carbocycles. The molecule has 174 valence electrons. The van der Waals surface area contributed by atoms with Gasteiger partial charge in [-0.1, -0.05) is 24.3 Å². The largest absolute Gasteiger partial charge is 0.478 e. The molecule has 12 heteroatoms. The molecule has 0 aliphatic heterocycles. The zero-order valence-corrected chi connectivity index (χ0v) is 18.5. The first-order valence-corrected chi connectivity index (χ1v) is 10.8. The van der Waals surface area contributed by atoms with Crippen LogP contribution in [0.3, 0.4) is 0 Å². The van der Waals surface area contributed by atoms with Crippen LogP contribution in [0.15, 0.2) is 77.1 Å². The topological polar surface area (TPSA) is 161 Å². The Balaban J connectivity index is 1.48. The highest BCUT2D eigenvalue weighted by Crippen LogP contribution is 2.30. The number of hydrogen-bond donors (Lipinski definition) is 2. The molecule has 0 radical (unpaired) electrons. The van der Waals surface area contributed by atoms with Crippen LogP contribution in [-0.4, -0.2) is 32.1 Å². The van der Waals surface area contributed by atoms with E-state index in [0.29, 0.717) is 22.1 Å². The standard InChI is InChI=1S/C23H15N5O6S/c29-22(30)19-11-18(28(33)34)8-9-20(19)25-16-6-4-15(5-7-16)21-13-35-23(26-21)24-12-14-2-1-3-17(10-14)27(31)32/h1-13,25H,(H,29,30)/b24-12+. The number of nitrogens with zero attached hydrogens (tertiary/aromatic N) is 4. The molecule has 4 aromatic rings. The molecule has 0 bridgehead atoms. The average molecular weight is 489 g/mol. The average Bonchev–Trinajstić information content (AvgIpc) is 3.32. The number of rotatable bonds is 8. The zero-order valence-electron chi connectivity index (χ0n) is 17.7. The normalized spacial score (nSPS) is 10.9. The van der Waals surface area contributed by atoms with Crippen molar-refractivity contribution in [2.24, 2.45) is 4.99 Å². The SMILES string of the molecule is O=C(O)c1cc([N+](=O)[O-])ccc1Nc1ccc(-c2csc(/N=C/c3cccc([N+](=O)[O-])c3)n2)cc1. The van der Waals surface area contributed by atoms with Crippen LogP contribution in [-0.2, 0) is 0 Å². The fraction of sp³-hybridized carbons (Fsp3) is 0. The summed E-state index contributed by atoms with van der Waals surface area (Å²) in [6.45, 7) is 0. The number of carboxylic acids is 1. The molecule has 2 N–H and O–H groups in total. The lowest BCUT2D eigenvalue weighted by Gasteiger charge is -2.10. The highest BCUT2D eigenvalue weighted by Gasteiger charge is 2.16. The summed E-state index contributed by atoms with van der Waals surface area (Å²) in [5.41, 5.74) is 2.32. The maximum absolute atomic E-state index is 11.5. The third-order valence-corrected chi connectivity index (χ3v) is 5.55. The number of hydrogen-bond acceptors (Lipinski definition) is 9. The van der Waals surface area contributed by atoms with Gasteiger partial charge in [-0.2, -0.15) is 0 Å². The van der Waals surface area contributed by atoms with Gasteiger partial charge in [-0.15, -0.1) is 11.3 Å². The molecule has 0 aliphatic rings. The molecule has 1 heterocycles. The number of anilines is 2. The first kappa shape index (κ1) is 23.2. The summed E-state index contributed by atoms with van der Waals surface area (Å²) in [6, 6.07) is 16.7. The molecule has 0 atom stereocenters. The quantitative estimate of drug-likeness (QED) is 0.178. The number of nitro groups is 2. The number of non-ortho nitro benzene ring substituents is 2. The number of aromatic carboxylic acids is 1. The fourth-order valence-corrected chi connectivity index (χ4v) is 3.79. The first-order chi connectivity index (χ1) is 16.8. The van der Waals surface area contributed by atoms with Gasteiger partial charge in [-0.3, -0.25) is 20.2 Å². The minimum atomic E-state index is -1.28. The van der Waals surface area contributed by atoms with Gasteiger partial charge in [0.1, 0.15) is 0 Å². The van der Waals surface area contributed by atoms with Crippen LogP contribution < -0.4 is 5.32 Å². The monoisotopic (exact) mass is 489 g/mol. The van der Waals surface area contributed by atoms with E-state index >= 15 is 0 Å². The van der Waals surface area contributed by atoms with E-state index < -0.39 is 15.8 Å². The van der Waals surface area contributed by atoms with Gasteiger partial charge in [-0.25, -0.2) is 14.8 Å². The summed E-state index contributed by atoms with van der Waals surface area (Å²) >= 11 is 1.31. The van der Waals surface area contributed by atoms with Gasteiger partial charge in [-0.05, 0) is 23.8 Å². The third kappa shape index (κ3) is 5.51. The Labute approximate surface area is 201 Å². The Morgan fingerprint density at radius 1 is 1.00 bits per heavy atom. The van der Waals surface area contributed by atoms with E-state index in [0.717, 1.165) is 11.6 Å². The Kier molecular flexibility index (Phi) is 6.55. The van der Waals surface area contributed by atoms with E-state index in [4.69, 9.17) is 0 Å². The van der Waals surface area contributed by atoms with Gasteiger partial charge in [0.2, 0.25) is 5.13 Å². The van der Waals surface area contributed by atoms with E-state index in [1.54, 1.807) is 36.4 Å². The zero-order chi connectivity index (χ0) is 24.9. The summed E-state index contributed by atoms with van der Waals surface area (Å²) in [4.78, 5) is 40.9. The second-order valence-corrected chi connectivity index (χ2v) is 7.96. The molecule has 4 rings (SSSR count). The summed E-state index contributed by atoms with van der Waals surface area (Å²) in [5, 5.41) is 36.5. The minimum Gasteiger partial charge on any atom is -0.478 e. The number of thiazole rings is 1. The summed E-state index contributed by atoms with van der Waals surface area (Å²) in [6.07, 6.45) is 1.51. The molecular formula is C23H15N5O6S. The van der Waals surface area contributed by atoms with E-state index in [9.17, 15) is 30.1 Å². The van der Waals surface area contributed by atoms with E-state index in [1.807, 2.05) is 5.38 Å². The van der Waals surface area contributed by atoms with Crippen LogP contribution >= 0.6 is 11.3 Å². The van der Waals surface area contributed by atoms with Crippen molar-refractivity contribution in [3.63, 3.8) is 0 Å². The molecule has 11 nitrogen and oxygen atoms in total. The molecule has 0 amide bonds. The van der Waals surface area contributed by atoms with Gasteiger partial charge < -0.3 is 10.4 Å². The molecule has 35 heavy (non-hydrogen) atoms. The second-order valence-electron chi connectivity index (χ2n) is 7.12. The van der Waals surface area contributed by atoms with Crippen molar-refractivity contribution in [1.29, 1.82) is 0 Å². The molecule has 0 fully saturated rings. The number of carbonyl (C=O) groups is 1. The molecule has 0 spiro atoms. The lowest BCUT2D eigenvalue weighted by Crippen LogP contribution is -2.04. The maximum Gasteiger partial charge on any atom is 0.338 e. The van der Waals surface area contributed by atoms with Crippen molar-refractivity contribution in [1.82, 2.24) is 4.98 Å². The van der Waals surface area contributed by atoms with Gasteiger partial charge >= 0.3 is 5.97 Å². The van der Waals surface area contributed by atoms with E-state index in [-0.39, 0.29) is 22.6 Å². The van der Waals surface area contributed by atoms with Crippen LogP contribution in [0.4, 0.5) is 27.9 Å². The van der Waals surface area contributed by atoms with Crippen molar-refractivity contribution >= 4 is 51.4 Å². The van der Waals surface area contributed by atoms with Crippen LogP contribution in [0.2, 0.25) is 0 Å². The fourth-order valence-electron chi connectivity index (χ4n) is 3.12. The maximum atomic E-state index is 11.5. The predicted molar refractivity (Wildman–Crippen MR) is 131 cm³/mol. The third-order valence-electron chi connectivity index (χ3n) is 4.80. The van der Waals surface area contributed by atoms with Gasteiger partial charge in [0.25, 0.3) is 11.4 Å². The Bertz CT molecular complexity index is 1470. The molecule has 3 aromatic carbocycles. The number of carboxylic acid groups (broad SMARTS) is 1. The van der Waals surface area contributed by atoms with Gasteiger partial charge in [0.15, 0.2) is 0 Å². The van der Waals surface area contributed by atoms with Gasteiger partial charge in [0, 0.05) is 47.1 Å². The van der Waals surface area contributed by atoms with Gasteiger partial charge in [0.05, 0.1) is 26.8 Å². The molecule has 0 saturated heterocycles. The summed E-state index contributed by atoms with van der Waals surface area (Å²) in [5.74, 6) is -1.28. The van der Waals surface area contributed by atoms with Crippen molar-refractivity contribution < 1.29 is 19.7 Å². The van der Waals surface area contributed by atoms with Crippen molar-refractivity contribution in [2.75, 3.05) is 5.32 Å². The van der Waals surface area contributed by atoms with Crippen LogP contribution in [0, 0.1) is 20.2 Å².